The Morgan fingerprint density at radius 2 is 1.32 bits per heavy atom. The fraction of sp³-hybridized carbons (Fsp3) is 0.632. The van der Waals surface area contributed by atoms with E-state index >= 15 is 0 Å². The van der Waals surface area contributed by atoms with E-state index in [1.807, 2.05) is 5.32 Å². The molecule has 4 amide bonds. The molecule has 15 nitrogen and oxygen atoms in total. The van der Waals surface area contributed by atoms with Crippen LogP contribution >= 0.6 is 0 Å². The predicted molar refractivity (Wildman–Crippen MR) is 114 cm³/mol. The van der Waals surface area contributed by atoms with E-state index in [2.05, 4.69) is 10.6 Å². The quantitative estimate of drug-likeness (QED) is 0.109. The van der Waals surface area contributed by atoms with Gasteiger partial charge in [-0.05, 0) is 12.3 Å². The van der Waals surface area contributed by atoms with Crippen molar-refractivity contribution in [2.75, 3.05) is 0 Å². The monoisotopic (exact) mass is 489 g/mol. The third-order valence-electron chi connectivity index (χ3n) is 4.83. The number of amides is 4. The van der Waals surface area contributed by atoms with Gasteiger partial charge in [-0.15, -0.1) is 0 Å². The number of rotatable bonds is 16. The Balaban J connectivity index is 5.66. The van der Waals surface area contributed by atoms with E-state index in [1.54, 1.807) is 13.8 Å². The van der Waals surface area contributed by atoms with Gasteiger partial charge >= 0.3 is 17.9 Å². The average molecular weight is 489 g/mol. The number of aliphatic carboxylic acids is 3. The van der Waals surface area contributed by atoms with Crippen LogP contribution in [-0.2, 0) is 33.6 Å². The summed E-state index contributed by atoms with van der Waals surface area (Å²) in [4.78, 5) is 81.7. The largest absolute Gasteiger partial charge is 0.481 e. The van der Waals surface area contributed by atoms with Crippen molar-refractivity contribution in [1.82, 2.24) is 16.0 Å². The lowest BCUT2D eigenvalue weighted by atomic mass is 9.97. The molecule has 0 fully saturated rings. The first-order chi connectivity index (χ1) is 15.7. The maximum Gasteiger partial charge on any atom is 0.326 e. The zero-order chi connectivity index (χ0) is 26.6. The van der Waals surface area contributed by atoms with E-state index in [9.17, 15) is 33.6 Å². The van der Waals surface area contributed by atoms with Crippen molar-refractivity contribution in [3.05, 3.63) is 0 Å². The molecule has 0 saturated heterocycles. The molecule has 192 valence electrons. The van der Waals surface area contributed by atoms with Crippen LogP contribution in [-0.4, -0.2) is 81.0 Å². The highest BCUT2D eigenvalue weighted by Gasteiger charge is 2.33. The summed E-state index contributed by atoms with van der Waals surface area (Å²) in [6.45, 7) is 3.30. The van der Waals surface area contributed by atoms with Crippen LogP contribution < -0.4 is 27.4 Å². The average Bonchev–Trinajstić information content (AvgIpc) is 2.72. The summed E-state index contributed by atoms with van der Waals surface area (Å²) in [6.07, 6.45) is -1.97. The fourth-order valence-electron chi connectivity index (χ4n) is 2.71. The Kier molecular flexibility index (Phi) is 12.8. The first-order valence-corrected chi connectivity index (χ1v) is 10.3. The van der Waals surface area contributed by atoms with E-state index in [0.29, 0.717) is 6.42 Å². The predicted octanol–water partition coefficient (Wildman–Crippen LogP) is -2.89. The topological polar surface area (TPSA) is 268 Å². The normalized spacial score (nSPS) is 15.0. The van der Waals surface area contributed by atoms with Gasteiger partial charge in [0.1, 0.15) is 18.1 Å². The molecule has 0 aliphatic carbocycles. The summed E-state index contributed by atoms with van der Waals surface area (Å²) in [6, 6.07) is -6.00. The zero-order valence-electron chi connectivity index (χ0n) is 18.8. The van der Waals surface area contributed by atoms with Gasteiger partial charge in [0.2, 0.25) is 23.6 Å². The zero-order valence-corrected chi connectivity index (χ0v) is 18.8. The van der Waals surface area contributed by atoms with Crippen LogP contribution in [0.4, 0.5) is 0 Å². The molecule has 0 spiro atoms. The summed E-state index contributed by atoms with van der Waals surface area (Å²) < 4.78 is 0. The molecule has 0 heterocycles. The number of carboxylic acids is 3. The van der Waals surface area contributed by atoms with E-state index in [4.69, 9.17) is 26.8 Å². The maximum atomic E-state index is 12.9. The van der Waals surface area contributed by atoms with Gasteiger partial charge in [0.25, 0.3) is 0 Å². The molecule has 34 heavy (non-hydrogen) atoms. The molecule has 10 N–H and O–H groups in total. The minimum atomic E-state index is -1.81. The molecule has 0 aromatic heterocycles. The van der Waals surface area contributed by atoms with Crippen LogP contribution in [0, 0.1) is 5.92 Å². The van der Waals surface area contributed by atoms with E-state index < -0.39 is 84.5 Å². The maximum absolute atomic E-state index is 12.9. The van der Waals surface area contributed by atoms with Gasteiger partial charge in [-0.25, -0.2) is 4.79 Å². The van der Waals surface area contributed by atoms with Crippen LogP contribution in [0.5, 0.6) is 0 Å². The molecule has 0 aliphatic heterocycles. The van der Waals surface area contributed by atoms with E-state index in [0.717, 1.165) is 0 Å². The van der Waals surface area contributed by atoms with Gasteiger partial charge in [-0.2, -0.15) is 0 Å². The van der Waals surface area contributed by atoms with Crippen molar-refractivity contribution in [2.45, 2.75) is 70.1 Å². The number of carbonyl (C=O) groups excluding carboxylic acids is 4. The van der Waals surface area contributed by atoms with Crippen molar-refractivity contribution in [3.63, 3.8) is 0 Å². The van der Waals surface area contributed by atoms with Gasteiger partial charge in [-0.3, -0.25) is 28.8 Å². The molecule has 0 saturated carbocycles. The van der Waals surface area contributed by atoms with Crippen molar-refractivity contribution in [2.24, 2.45) is 17.4 Å². The molecular formula is C19H31N5O10. The first kappa shape index (κ1) is 30.2. The van der Waals surface area contributed by atoms with Crippen LogP contribution in [0.15, 0.2) is 0 Å². The first-order valence-electron chi connectivity index (χ1n) is 10.3. The number of nitrogens with one attached hydrogen (secondary N) is 3. The third kappa shape index (κ3) is 11.2. The highest BCUT2D eigenvalue weighted by molar-refractivity contribution is 5.95. The van der Waals surface area contributed by atoms with Gasteiger partial charge in [0.15, 0.2) is 0 Å². The Labute approximate surface area is 194 Å². The van der Waals surface area contributed by atoms with E-state index in [1.165, 1.54) is 0 Å². The smallest absolute Gasteiger partial charge is 0.326 e. The number of nitrogens with two attached hydrogens (primary N) is 2. The molecular weight excluding hydrogens is 458 g/mol. The molecule has 5 atom stereocenters. The molecule has 0 aromatic rings. The summed E-state index contributed by atoms with van der Waals surface area (Å²) in [5.74, 6) is -8.67. The molecule has 0 radical (unpaired) electrons. The lowest BCUT2D eigenvalue weighted by Crippen LogP contribution is -2.59. The number of carbonyl (C=O) groups is 7. The van der Waals surface area contributed by atoms with Crippen LogP contribution in [0.3, 0.4) is 0 Å². The van der Waals surface area contributed by atoms with Crippen LogP contribution in [0.2, 0.25) is 0 Å². The Hall–Kier alpha value is -3.75. The number of primary amides is 1. The lowest BCUT2D eigenvalue weighted by Gasteiger charge is -2.27. The van der Waals surface area contributed by atoms with Crippen LogP contribution in [0.1, 0.15) is 46.0 Å². The van der Waals surface area contributed by atoms with Crippen molar-refractivity contribution >= 4 is 41.5 Å². The Morgan fingerprint density at radius 1 is 0.794 bits per heavy atom. The minimum Gasteiger partial charge on any atom is -0.481 e. The molecule has 0 rings (SSSR count). The van der Waals surface area contributed by atoms with Gasteiger partial charge in [0, 0.05) is 6.42 Å². The number of hydrogen-bond donors (Lipinski definition) is 8. The van der Waals surface area contributed by atoms with Gasteiger partial charge in [-0.1, -0.05) is 20.3 Å². The molecule has 0 aliphatic rings. The van der Waals surface area contributed by atoms with Crippen LogP contribution in [0.25, 0.3) is 0 Å². The summed E-state index contributed by atoms with van der Waals surface area (Å²) in [5.41, 5.74) is 10.6. The highest BCUT2D eigenvalue weighted by atomic mass is 16.4. The second-order valence-electron chi connectivity index (χ2n) is 7.64. The standard InChI is InChI=1S/C19H31N5O10/c1-3-8(2)15(24-16(30)9(20)6-13(26)27)18(32)22-10(4-5-12(21)25)17(31)23-11(19(33)34)7-14(28)29/h8-11,15H,3-7,20H2,1-2H3,(H2,21,25)(H,22,32)(H,23,31)(H,24,30)(H,26,27)(H,28,29)(H,33,34). The molecule has 15 heteroatoms. The van der Waals surface area contributed by atoms with Crippen molar-refractivity contribution < 1.29 is 48.9 Å². The molecule has 0 bridgehead atoms. The summed E-state index contributed by atoms with van der Waals surface area (Å²) in [7, 11) is 0. The van der Waals surface area contributed by atoms with Crippen molar-refractivity contribution in [1.29, 1.82) is 0 Å². The molecule has 0 aromatic carbocycles. The minimum absolute atomic E-state index is 0.341. The summed E-state index contributed by atoms with van der Waals surface area (Å²) in [5, 5.41) is 33.3. The Bertz CT molecular complexity index is 802. The second kappa shape index (κ2) is 14.4. The number of hydrogen-bond acceptors (Lipinski definition) is 8. The van der Waals surface area contributed by atoms with Gasteiger partial charge < -0.3 is 42.7 Å². The Morgan fingerprint density at radius 3 is 1.76 bits per heavy atom. The fourth-order valence-corrected chi connectivity index (χ4v) is 2.71. The third-order valence-corrected chi connectivity index (χ3v) is 4.83. The second-order valence-corrected chi connectivity index (χ2v) is 7.64. The lowest BCUT2D eigenvalue weighted by molar-refractivity contribution is -0.147. The SMILES string of the molecule is CCC(C)C(NC(=O)C(N)CC(=O)O)C(=O)NC(CCC(N)=O)C(=O)NC(CC(=O)O)C(=O)O. The molecule has 5 unspecified atom stereocenters. The van der Waals surface area contributed by atoms with Gasteiger partial charge in [0.05, 0.1) is 18.9 Å². The highest BCUT2D eigenvalue weighted by Crippen LogP contribution is 2.10. The number of carboxylic acid groups (broad SMARTS) is 3. The summed E-state index contributed by atoms with van der Waals surface area (Å²) >= 11 is 0. The van der Waals surface area contributed by atoms with E-state index in [-0.39, 0.29) is 12.8 Å². The van der Waals surface area contributed by atoms with Crippen molar-refractivity contribution in [3.8, 4) is 0 Å².